The van der Waals surface area contributed by atoms with Crippen LogP contribution in [0.15, 0.2) is 24.3 Å². The highest BCUT2D eigenvalue weighted by Crippen LogP contribution is 2.35. The van der Waals surface area contributed by atoms with Gasteiger partial charge in [-0.2, -0.15) is 0 Å². The third-order valence-corrected chi connectivity index (χ3v) is 6.38. The highest BCUT2D eigenvalue weighted by Gasteiger charge is 2.41. The van der Waals surface area contributed by atoms with Crippen LogP contribution in [0.25, 0.3) is 0 Å². The van der Waals surface area contributed by atoms with Crippen LogP contribution in [0.2, 0.25) is 0 Å². The van der Waals surface area contributed by atoms with Gasteiger partial charge in [0.05, 0.1) is 19.3 Å². The molecule has 1 atom stereocenters. The maximum atomic E-state index is 12.8. The summed E-state index contributed by atoms with van der Waals surface area (Å²) < 4.78 is 11.4. The first kappa shape index (κ1) is 24.2. The molecule has 3 aliphatic rings. The molecule has 29 heavy (non-hydrogen) atoms. The molecule has 4 rings (SSSR count). The third-order valence-electron chi connectivity index (χ3n) is 6.38. The fourth-order valence-corrected chi connectivity index (χ4v) is 4.70. The summed E-state index contributed by atoms with van der Waals surface area (Å²) in [5.41, 5.74) is 1.19. The van der Waals surface area contributed by atoms with Gasteiger partial charge in [0.2, 0.25) is 5.91 Å². The van der Waals surface area contributed by atoms with Gasteiger partial charge in [-0.3, -0.25) is 9.69 Å². The Kier molecular flexibility index (Phi) is 9.04. The third kappa shape index (κ3) is 5.76. The van der Waals surface area contributed by atoms with Crippen molar-refractivity contribution < 1.29 is 14.3 Å². The lowest BCUT2D eigenvalue weighted by Gasteiger charge is -2.48. The quantitative estimate of drug-likeness (QED) is 0.771. The number of nitrogens with zero attached hydrogens (tertiary/aromatic N) is 2. The fraction of sp³-hybridized carbons (Fsp3) is 0.667. The maximum absolute atomic E-state index is 12.8. The van der Waals surface area contributed by atoms with Gasteiger partial charge in [-0.25, -0.2) is 0 Å². The van der Waals surface area contributed by atoms with Gasteiger partial charge in [0.25, 0.3) is 0 Å². The van der Waals surface area contributed by atoms with E-state index >= 15 is 0 Å². The SMILES string of the molecule is COc1ccc(CN2CCN(C3CCOC4(CCNCC4)C3)CC2=O)cc1.Cl.Cl. The zero-order valence-corrected chi connectivity index (χ0v) is 18.7. The number of carbonyl (C=O) groups is 1. The summed E-state index contributed by atoms with van der Waals surface area (Å²) in [4.78, 5) is 17.1. The van der Waals surface area contributed by atoms with E-state index < -0.39 is 0 Å². The molecule has 6 nitrogen and oxygen atoms in total. The molecule has 3 heterocycles. The molecule has 164 valence electrons. The molecule has 1 unspecified atom stereocenters. The maximum Gasteiger partial charge on any atom is 0.237 e. The summed E-state index contributed by atoms with van der Waals surface area (Å²) >= 11 is 0. The summed E-state index contributed by atoms with van der Waals surface area (Å²) in [6, 6.07) is 8.46. The lowest BCUT2D eigenvalue weighted by molar-refractivity contribution is -0.146. The van der Waals surface area contributed by atoms with Gasteiger partial charge in [-0.05, 0) is 56.5 Å². The smallest absolute Gasteiger partial charge is 0.237 e. The molecule has 1 N–H and O–H groups in total. The first-order chi connectivity index (χ1) is 13.2. The Morgan fingerprint density at radius 1 is 1.17 bits per heavy atom. The van der Waals surface area contributed by atoms with Crippen molar-refractivity contribution >= 4 is 30.7 Å². The van der Waals surface area contributed by atoms with Crippen LogP contribution in [0.5, 0.6) is 5.75 Å². The summed E-state index contributed by atoms with van der Waals surface area (Å²) in [7, 11) is 1.67. The summed E-state index contributed by atoms with van der Waals surface area (Å²) in [5.74, 6) is 1.09. The van der Waals surface area contributed by atoms with E-state index in [1.54, 1.807) is 7.11 Å². The molecule has 8 heteroatoms. The number of benzene rings is 1. The highest BCUT2D eigenvalue weighted by atomic mass is 35.5. The highest BCUT2D eigenvalue weighted by molar-refractivity contribution is 5.85. The van der Waals surface area contributed by atoms with Crippen molar-refractivity contribution in [3.63, 3.8) is 0 Å². The lowest BCUT2D eigenvalue weighted by Crippen LogP contribution is -2.58. The zero-order valence-electron chi connectivity index (χ0n) is 17.1. The molecule has 3 fully saturated rings. The number of piperidine rings is 1. The zero-order chi connectivity index (χ0) is 18.7. The van der Waals surface area contributed by atoms with E-state index in [1.165, 1.54) is 0 Å². The molecule has 1 aromatic rings. The van der Waals surface area contributed by atoms with Crippen molar-refractivity contribution in [2.24, 2.45) is 0 Å². The van der Waals surface area contributed by atoms with Crippen molar-refractivity contribution in [2.75, 3.05) is 46.4 Å². The number of hydrogen-bond acceptors (Lipinski definition) is 5. The molecule has 0 aliphatic carbocycles. The van der Waals surface area contributed by atoms with E-state index in [0.717, 1.165) is 69.8 Å². The second-order valence-electron chi connectivity index (χ2n) is 8.06. The molecule has 1 amide bonds. The molecule has 0 radical (unpaired) electrons. The van der Waals surface area contributed by atoms with Crippen LogP contribution in [0.1, 0.15) is 31.2 Å². The largest absolute Gasteiger partial charge is 0.497 e. The van der Waals surface area contributed by atoms with Crippen LogP contribution < -0.4 is 10.1 Å². The summed E-state index contributed by atoms with van der Waals surface area (Å²) in [5, 5.41) is 3.43. The molecule has 0 bridgehead atoms. The number of amides is 1. The molecule has 3 aliphatic heterocycles. The molecular weight excluding hydrogens is 413 g/mol. The van der Waals surface area contributed by atoms with E-state index in [2.05, 4.69) is 10.2 Å². The number of ether oxygens (including phenoxy) is 2. The molecule has 0 aromatic heterocycles. The second-order valence-corrected chi connectivity index (χ2v) is 8.06. The van der Waals surface area contributed by atoms with Gasteiger partial charge in [-0.1, -0.05) is 12.1 Å². The Labute approximate surface area is 186 Å². The predicted molar refractivity (Wildman–Crippen MR) is 118 cm³/mol. The van der Waals surface area contributed by atoms with E-state index in [-0.39, 0.29) is 36.3 Å². The van der Waals surface area contributed by atoms with Crippen molar-refractivity contribution in [1.82, 2.24) is 15.1 Å². The number of hydrogen-bond donors (Lipinski definition) is 1. The predicted octanol–water partition coefficient (Wildman–Crippen LogP) is 2.48. The minimum Gasteiger partial charge on any atom is -0.497 e. The second kappa shape index (κ2) is 10.8. The number of piperazine rings is 1. The molecule has 0 saturated carbocycles. The first-order valence-corrected chi connectivity index (χ1v) is 10.2. The van der Waals surface area contributed by atoms with Crippen LogP contribution in [-0.2, 0) is 16.1 Å². The van der Waals surface area contributed by atoms with Crippen LogP contribution in [0.4, 0.5) is 0 Å². The number of rotatable bonds is 4. The minimum atomic E-state index is 0. The standard InChI is InChI=1S/C21H31N3O3.2ClH/c1-26-19-4-2-17(3-5-19)15-24-12-11-23(16-20(24)25)18-6-13-27-21(14-18)7-9-22-10-8-21;;/h2-5,18,22H,6-16H2,1H3;2*1H. The lowest BCUT2D eigenvalue weighted by atomic mass is 9.82. The van der Waals surface area contributed by atoms with Crippen molar-refractivity contribution in [1.29, 1.82) is 0 Å². The van der Waals surface area contributed by atoms with Crippen molar-refractivity contribution in [2.45, 2.75) is 43.9 Å². The van der Waals surface area contributed by atoms with Crippen LogP contribution in [0.3, 0.4) is 0 Å². The van der Waals surface area contributed by atoms with Gasteiger partial charge < -0.3 is 19.7 Å². The van der Waals surface area contributed by atoms with E-state index in [9.17, 15) is 4.79 Å². The Morgan fingerprint density at radius 3 is 2.55 bits per heavy atom. The molecule has 1 aromatic carbocycles. The molecule has 1 spiro atoms. The average Bonchev–Trinajstić information content (AvgIpc) is 2.71. The molecular formula is C21H33Cl2N3O3. The van der Waals surface area contributed by atoms with Crippen molar-refractivity contribution in [3.8, 4) is 5.75 Å². The van der Waals surface area contributed by atoms with Crippen LogP contribution in [-0.4, -0.2) is 73.8 Å². The minimum absolute atomic E-state index is 0. The topological polar surface area (TPSA) is 54.0 Å². The van der Waals surface area contributed by atoms with Gasteiger partial charge in [0.1, 0.15) is 5.75 Å². The van der Waals surface area contributed by atoms with Crippen LogP contribution >= 0.6 is 24.8 Å². The summed E-state index contributed by atoms with van der Waals surface area (Å²) in [6.07, 6.45) is 4.30. The Hall–Kier alpha value is -1.05. The van der Waals surface area contributed by atoms with Gasteiger partial charge >= 0.3 is 0 Å². The van der Waals surface area contributed by atoms with E-state index in [1.807, 2.05) is 29.2 Å². The Bertz CT molecular complexity index is 648. The molecule has 3 saturated heterocycles. The Morgan fingerprint density at radius 2 is 1.90 bits per heavy atom. The van der Waals surface area contributed by atoms with E-state index in [0.29, 0.717) is 19.1 Å². The normalized spacial score (nSPS) is 24.5. The number of carbonyl (C=O) groups excluding carboxylic acids is 1. The monoisotopic (exact) mass is 445 g/mol. The average molecular weight is 446 g/mol. The van der Waals surface area contributed by atoms with Crippen molar-refractivity contribution in [3.05, 3.63) is 29.8 Å². The van der Waals surface area contributed by atoms with Gasteiger partial charge in [0, 0.05) is 32.3 Å². The first-order valence-electron chi connectivity index (χ1n) is 10.2. The summed E-state index contributed by atoms with van der Waals surface area (Å²) in [6.45, 7) is 5.89. The van der Waals surface area contributed by atoms with Crippen LogP contribution in [0, 0.1) is 0 Å². The van der Waals surface area contributed by atoms with Gasteiger partial charge in [-0.15, -0.1) is 24.8 Å². The fourth-order valence-electron chi connectivity index (χ4n) is 4.70. The Balaban J connectivity index is 0.00000150. The number of halogens is 2. The van der Waals surface area contributed by atoms with E-state index in [4.69, 9.17) is 9.47 Å². The van der Waals surface area contributed by atoms with Gasteiger partial charge in [0.15, 0.2) is 0 Å². The number of nitrogens with one attached hydrogen (secondary N) is 1. The number of methoxy groups -OCH3 is 1.